The van der Waals surface area contributed by atoms with E-state index in [1.165, 1.54) is 11.3 Å². The summed E-state index contributed by atoms with van der Waals surface area (Å²) in [7, 11) is 0. The van der Waals surface area contributed by atoms with E-state index < -0.39 is 5.79 Å². The minimum atomic E-state index is -0.465. The van der Waals surface area contributed by atoms with Gasteiger partial charge in [0.2, 0.25) is 0 Å². The molecule has 27 heavy (non-hydrogen) atoms. The minimum absolute atomic E-state index is 0.0776. The normalized spacial score (nSPS) is 19.1. The number of carbonyl (C=O) groups is 1. The van der Waals surface area contributed by atoms with Crippen molar-refractivity contribution < 1.29 is 14.3 Å². The van der Waals surface area contributed by atoms with E-state index in [0.29, 0.717) is 26.3 Å². The Morgan fingerprint density at radius 1 is 1.22 bits per heavy atom. The van der Waals surface area contributed by atoms with Crippen molar-refractivity contribution in [2.75, 3.05) is 44.3 Å². The van der Waals surface area contributed by atoms with Crippen LogP contribution in [0.25, 0.3) is 10.2 Å². The second kappa shape index (κ2) is 7.33. The second-order valence-electron chi connectivity index (χ2n) is 7.01. The van der Waals surface area contributed by atoms with Crippen molar-refractivity contribution in [2.24, 2.45) is 0 Å². The molecule has 0 saturated carbocycles. The van der Waals surface area contributed by atoms with Gasteiger partial charge < -0.3 is 19.3 Å². The summed E-state index contributed by atoms with van der Waals surface area (Å²) >= 11 is 1.47. The molecular weight excluding hydrogens is 364 g/mol. The topological polar surface area (TPSA) is 67.8 Å². The number of anilines is 1. The van der Waals surface area contributed by atoms with Crippen LogP contribution in [0.2, 0.25) is 0 Å². The van der Waals surface area contributed by atoms with Crippen molar-refractivity contribution in [3.05, 3.63) is 16.8 Å². The summed E-state index contributed by atoms with van der Waals surface area (Å²) in [5, 5.41) is 1.01. The molecule has 0 aromatic carbocycles. The van der Waals surface area contributed by atoms with Crippen molar-refractivity contribution in [1.29, 1.82) is 0 Å². The molecule has 0 aliphatic carbocycles. The summed E-state index contributed by atoms with van der Waals surface area (Å²) < 4.78 is 11.5. The lowest BCUT2D eigenvalue weighted by Crippen LogP contribution is -2.47. The Bertz CT molecular complexity index is 833. The largest absolute Gasteiger partial charge is 0.357 e. The highest BCUT2D eigenvalue weighted by Gasteiger charge is 2.41. The number of rotatable bonds is 4. The van der Waals surface area contributed by atoms with Gasteiger partial charge in [-0.3, -0.25) is 4.79 Å². The average Bonchev–Trinajstić information content (AvgIpc) is 3.28. The van der Waals surface area contributed by atoms with Gasteiger partial charge in [-0.2, -0.15) is 0 Å². The molecule has 4 rings (SSSR count). The van der Waals surface area contributed by atoms with Crippen LogP contribution in [0.4, 0.5) is 5.82 Å². The smallest absolute Gasteiger partial charge is 0.264 e. The number of ether oxygens (including phenoxy) is 2. The second-order valence-corrected chi connectivity index (χ2v) is 8.00. The molecule has 1 amide bonds. The van der Waals surface area contributed by atoms with Crippen molar-refractivity contribution in [3.8, 4) is 0 Å². The number of aromatic nitrogens is 2. The van der Waals surface area contributed by atoms with Gasteiger partial charge in [0.1, 0.15) is 17.0 Å². The molecule has 0 unspecified atom stereocenters. The van der Waals surface area contributed by atoms with Crippen molar-refractivity contribution in [3.63, 3.8) is 0 Å². The number of piperidine rings is 1. The van der Waals surface area contributed by atoms with E-state index in [4.69, 9.17) is 9.47 Å². The number of amides is 1. The Labute approximate surface area is 163 Å². The highest BCUT2D eigenvalue weighted by Crippen LogP contribution is 2.37. The predicted molar refractivity (Wildman–Crippen MR) is 105 cm³/mol. The van der Waals surface area contributed by atoms with Crippen molar-refractivity contribution in [1.82, 2.24) is 14.9 Å². The van der Waals surface area contributed by atoms with Gasteiger partial charge in [0.25, 0.3) is 5.91 Å². The highest BCUT2D eigenvalue weighted by molar-refractivity contribution is 7.20. The molecule has 2 aromatic rings. The molecule has 2 aromatic heterocycles. The van der Waals surface area contributed by atoms with Crippen LogP contribution in [0.3, 0.4) is 0 Å². The van der Waals surface area contributed by atoms with Crippen LogP contribution < -0.4 is 4.90 Å². The zero-order valence-electron chi connectivity index (χ0n) is 16.2. The van der Waals surface area contributed by atoms with Gasteiger partial charge in [0.15, 0.2) is 5.79 Å². The lowest BCUT2D eigenvalue weighted by Gasteiger charge is -2.37. The molecule has 2 fully saturated rings. The number of aryl methyl sites for hydroxylation is 1. The molecule has 0 radical (unpaired) electrons. The fourth-order valence-electron chi connectivity index (χ4n) is 4.00. The fourth-order valence-corrected chi connectivity index (χ4v) is 5.11. The van der Waals surface area contributed by atoms with E-state index in [9.17, 15) is 4.79 Å². The van der Waals surface area contributed by atoms with Crippen LogP contribution in [0.1, 0.15) is 41.9 Å². The van der Waals surface area contributed by atoms with Gasteiger partial charge in [-0.15, -0.1) is 11.3 Å². The number of thiophene rings is 1. The fraction of sp³-hybridized carbons (Fsp3) is 0.632. The molecule has 2 aliphatic rings. The average molecular weight is 391 g/mol. The number of nitrogens with zero attached hydrogens (tertiary/aromatic N) is 4. The Morgan fingerprint density at radius 2 is 1.89 bits per heavy atom. The van der Waals surface area contributed by atoms with Crippen molar-refractivity contribution >= 4 is 33.3 Å². The third kappa shape index (κ3) is 3.19. The standard InChI is InChI=1S/C19H26N4O3S/c1-4-22(5-2)16-14-13(3)15(27-17(14)21-12-20-16)18(24)23-8-6-19(7-9-23)25-10-11-26-19/h12H,4-11H2,1-3H3. The molecule has 8 heteroatoms. The Morgan fingerprint density at radius 3 is 2.52 bits per heavy atom. The first-order valence-electron chi connectivity index (χ1n) is 9.65. The van der Waals surface area contributed by atoms with Crippen LogP contribution in [-0.4, -0.2) is 66.0 Å². The van der Waals surface area contributed by atoms with Crippen LogP contribution in [0, 0.1) is 6.92 Å². The van der Waals surface area contributed by atoms with E-state index in [2.05, 4.69) is 28.7 Å². The summed E-state index contributed by atoms with van der Waals surface area (Å²) in [6.07, 6.45) is 3.06. The molecule has 2 saturated heterocycles. The first-order valence-corrected chi connectivity index (χ1v) is 10.5. The number of hydrogen-bond acceptors (Lipinski definition) is 7. The first-order chi connectivity index (χ1) is 13.1. The summed E-state index contributed by atoms with van der Waals surface area (Å²) in [4.78, 5) is 27.9. The molecule has 1 spiro atoms. The third-order valence-electron chi connectivity index (χ3n) is 5.59. The predicted octanol–water partition coefficient (Wildman–Crippen LogP) is 2.83. The molecule has 4 heterocycles. The van der Waals surface area contributed by atoms with Crippen molar-refractivity contribution in [2.45, 2.75) is 39.4 Å². The minimum Gasteiger partial charge on any atom is -0.357 e. The summed E-state index contributed by atoms with van der Waals surface area (Å²) in [5.74, 6) is 0.532. The molecule has 0 atom stereocenters. The molecule has 0 bridgehead atoms. The third-order valence-corrected chi connectivity index (χ3v) is 6.78. The summed E-state index contributed by atoms with van der Waals surface area (Å²) in [6.45, 7) is 10.6. The lowest BCUT2D eigenvalue weighted by molar-refractivity contribution is -0.181. The number of carbonyl (C=O) groups excluding carboxylic acids is 1. The van der Waals surface area contributed by atoms with E-state index in [1.807, 2.05) is 11.8 Å². The monoisotopic (exact) mass is 390 g/mol. The highest BCUT2D eigenvalue weighted by atomic mass is 32.1. The zero-order valence-corrected chi connectivity index (χ0v) is 17.0. The molecular formula is C19H26N4O3S. The maximum absolute atomic E-state index is 13.2. The van der Waals surface area contributed by atoms with E-state index >= 15 is 0 Å². The molecule has 0 N–H and O–H groups in total. The molecule has 7 nitrogen and oxygen atoms in total. The maximum Gasteiger partial charge on any atom is 0.264 e. The van der Waals surface area contributed by atoms with Crippen LogP contribution in [0.15, 0.2) is 6.33 Å². The number of likely N-dealkylation sites (tertiary alicyclic amines) is 1. The van der Waals surface area contributed by atoms with Gasteiger partial charge in [-0.1, -0.05) is 0 Å². The number of fused-ring (bicyclic) bond motifs is 1. The van der Waals surface area contributed by atoms with Crippen LogP contribution >= 0.6 is 11.3 Å². The van der Waals surface area contributed by atoms with Gasteiger partial charge in [0, 0.05) is 39.0 Å². The van der Waals surface area contributed by atoms with Gasteiger partial charge in [0.05, 0.1) is 23.5 Å². The lowest BCUT2D eigenvalue weighted by atomic mass is 10.0. The van der Waals surface area contributed by atoms with Gasteiger partial charge in [-0.25, -0.2) is 9.97 Å². The Balaban J connectivity index is 1.61. The number of hydrogen-bond donors (Lipinski definition) is 0. The molecule has 146 valence electrons. The summed E-state index contributed by atoms with van der Waals surface area (Å²) in [5.41, 5.74) is 0.983. The van der Waals surface area contributed by atoms with E-state index in [-0.39, 0.29) is 5.91 Å². The summed E-state index contributed by atoms with van der Waals surface area (Å²) in [6, 6.07) is 0. The van der Waals surface area contributed by atoms with Crippen LogP contribution in [-0.2, 0) is 9.47 Å². The maximum atomic E-state index is 13.2. The SMILES string of the molecule is CCN(CC)c1ncnc2sc(C(=O)N3CCC4(CC3)OCCO4)c(C)c12. The van der Waals surface area contributed by atoms with Crippen LogP contribution in [0.5, 0.6) is 0 Å². The van der Waals surface area contributed by atoms with E-state index in [0.717, 1.165) is 52.4 Å². The van der Waals surface area contributed by atoms with Gasteiger partial charge >= 0.3 is 0 Å². The quantitative estimate of drug-likeness (QED) is 0.800. The first kappa shape index (κ1) is 18.6. The van der Waals surface area contributed by atoms with Gasteiger partial charge in [-0.05, 0) is 26.3 Å². The molecule has 2 aliphatic heterocycles. The Hall–Kier alpha value is -1.77. The zero-order chi connectivity index (χ0) is 19.0. The Kier molecular flexibility index (Phi) is 5.05. The van der Waals surface area contributed by atoms with E-state index in [1.54, 1.807) is 6.33 Å².